The molecule has 0 saturated carbocycles. The van der Waals surface area contributed by atoms with Crippen molar-refractivity contribution >= 4 is 17.8 Å². The fraction of sp³-hybridized carbons (Fsp3) is 0.190. The zero-order valence-electron chi connectivity index (χ0n) is 14.1. The minimum absolute atomic E-state index is 0.344. The van der Waals surface area contributed by atoms with Gasteiger partial charge in [0.2, 0.25) is 0 Å². The van der Waals surface area contributed by atoms with Gasteiger partial charge in [-0.1, -0.05) is 56.3 Å². The van der Waals surface area contributed by atoms with Gasteiger partial charge < -0.3 is 9.47 Å². The molecule has 0 spiro atoms. The highest BCUT2D eigenvalue weighted by Crippen LogP contribution is 2.30. The van der Waals surface area contributed by atoms with Crippen LogP contribution in [-0.2, 0) is 9.53 Å². The highest BCUT2D eigenvalue weighted by Gasteiger charge is 2.22. The lowest BCUT2D eigenvalue weighted by Crippen LogP contribution is -1.98. The first-order valence-electron chi connectivity index (χ1n) is 7.97. The van der Waals surface area contributed by atoms with Gasteiger partial charge in [0.1, 0.15) is 11.5 Å². The molecule has 0 aliphatic carbocycles. The monoisotopic (exact) mass is 320 g/mol. The molecule has 3 nitrogen and oxygen atoms in total. The summed E-state index contributed by atoms with van der Waals surface area (Å²) in [5, 5.41) is 0. The molecule has 1 aliphatic rings. The van der Waals surface area contributed by atoms with Gasteiger partial charge in [0.25, 0.3) is 0 Å². The topological polar surface area (TPSA) is 35.5 Å². The van der Waals surface area contributed by atoms with Crippen LogP contribution in [0.5, 0.6) is 5.75 Å². The van der Waals surface area contributed by atoms with Gasteiger partial charge in [0.15, 0.2) is 0 Å². The van der Waals surface area contributed by atoms with Crippen LogP contribution in [0, 0.1) is 0 Å². The molecular weight excluding hydrogens is 300 g/mol. The Morgan fingerprint density at radius 1 is 1.04 bits per heavy atom. The van der Waals surface area contributed by atoms with Crippen molar-refractivity contribution in [3.05, 3.63) is 76.9 Å². The summed E-state index contributed by atoms with van der Waals surface area (Å²) < 4.78 is 10.7. The van der Waals surface area contributed by atoms with E-state index in [2.05, 4.69) is 26.0 Å². The van der Waals surface area contributed by atoms with Crippen molar-refractivity contribution in [1.82, 2.24) is 0 Å². The zero-order chi connectivity index (χ0) is 17.1. The van der Waals surface area contributed by atoms with E-state index < -0.39 is 0 Å². The number of carbonyl (C=O) groups excluding carboxylic acids is 1. The van der Waals surface area contributed by atoms with E-state index in [9.17, 15) is 4.79 Å². The number of para-hydroxylation sites is 1. The molecule has 122 valence electrons. The molecule has 0 radical (unpaired) electrons. The predicted octanol–water partition coefficient (Wildman–Crippen LogP) is 4.80. The second-order valence-electron chi connectivity index (χ2n) is 6.02. The van der Waals surface area contributed by atoms with Gasteiger partial charge in [0, 0.05) is 11.1 Å². The molecule has 3 heteroatoms. The molecule has 0 fully saturated rings. The van der Waals surface area contributed by atoms with Crippen LogP contribution >= 0.6 is 0 Å². The molecule has 1 heterocycles. The lowest BCUT2D eigenvalue weighted by molar-refractivity contribution is -0.130. The van der Waals surface area contributed by atoms with E-state index in [1.165, 1.54) is 5.56 Å². The van der Waals surface area contributed by atoms with Crippen LogP contribution in [0.2, 0.25) is 0 Å². The minimum atomic E-state index is -0.344. The number of ether oxygens (including phenoxy) is 2. The van der Waals surface area contributed by atoms with E-state index >= 15 is 0 Å². The Morgan fingerprint density at radius 3 is 2.42 bits per heavy atom. The van der Waals surface area contributed by atoms with Crippen molar-refractivity contribution in [1.29, 1.82) is 0 Å². The Morgan fingerprint density at radius 2 is 1.75 bits per heavy atom. The van der Waals surface area contributed by atoms with E-state index in [0.717, 1.165) is 16.9 Å². The third-order valence-corrected chi connectivity index (χ3v) is 4.04. The van der Waals surface area contributed by atoms with Crippen molar-refractivity contribution in [2.45, 2.75) is 19.8 Å². The molecule has 2 aromatic carbocycles. The molecule has 0 saturated heterocycles. The molecular formula is C21H20O3. The third kappa shape index (κ3) is 3.25. The number of rotatable bonds is 4. The van der Waals surface area contributed by atoms with Crippen LogP contribution in [0.4, 0.5) is 0 Å². The van der Waals surface area contributed by atoms with Crippen LogP contribution in [0.3, 0.4) is 0 Å². The summed E-state index contributed by atoms with van der Waals surface area (Å²) in [5.74, 6) is 1.43. The molecule has 0 N–H and O–H groups in total. The van der Waals surface area contributed by atoms with Crippen molar-refractivity contribution in [3.63, 3.8) is 0 Å². The van der Waals surface area contributed by atoms with Crippen molar-refractivity contribution < 1.29 is 14.3 Å². The molecule has 24 heavy (non-hydrogen) atoms. The fourth-order valence-electron chi connectivity index (χ4n) is 2.62. The predicted molar refractivity (Wildman–Crippen MR) is 95.6 cm³/mol. The van der Waals surface area contributed by atoms with Gasteiger partial charge in [-0.2, -0.15) is 0 Å². The van der Waals surface area contributed by atoms with Crippen molar-refractivity contribution in [2.24, 2.45) is 0 Å². The molecule has 3 rings (SSSR count). The van der Waals surface area contributed by atoms with Gasteiger partial charge >= 0.3 is 5.97 Å². The Bertz CT molecular complexity index is 811. The molecule has 0 aromatic heterocycles. The van der Waals surface area contributed by atoms with Gasteiger partial charge in [-0.3, -0.25) is 0 Å². The van der Waals surface area contributed by atoms with Crippen LogP contribution in [0.15, 0.2) is 60.2 Å². The van der Waals surface area contributed by atoms with Gasteiger partial charge in [-0.25, -0.2) is 4.79 Å². The Balaban J connectivity index is 1.91. The maximum Gasteiger partial charge on any atom is 0.343 e. The molecule has 0 amide bonds. The van der Waals surface area contributed by atoms with E-state index in [-0.39, 0.29) is 5.97 Å². The summed E-state index contributed by atoms with van der Waals surface area (Å²) in [6.45, 7) is 4.30. The molecule has 0 atom stereocenters. The quantitative estimate of drug-likeness (QED) is 0.599. The Hall–Kier alpha value is -2.81. The van der Waals surface area contributed by atoms with Crippen molar-refractivity contribution in [2.75, 3.05) is 7.11 Å². The SMILES string of the molecule is COc1ccccc1/C=C1\C=C(c2ccc(C(C)C)cc2)OC1=O. The zero-order valence-corrected chi connectivity index (χ0v) is 14.1. The second kappa shape index (κ2) is 6.75. The van der Waals surface area contributed by atoms with Crippen LogP contribution in [0.25, 0.3) is 11.8 Å². The molecule has 1 aliphatic heterocycles. The number of methoxy groups -OCH3 is 1. The van der Waals surface area contributed by atoms with E-state index in [4.69, 9.17) is 9.47 Å². The first-order chi connectivity index (χ1) is 11.6. The summed E-state index contributed by atoms with van der Waals surface area (Å²) >= 11 is 0. The number of cyclic esters (lactones) is 1. The van der Waals surface area contributed by atoms with Crippen LogP contribution < -0.4 is 4.74 Å². The summed E-state index contributed by atoms with van der Waals surface area (Å²) in [4.78, 5) is 12.2. The number of benzene rings is 2. The first-order valence-corrected chi connectivity index (χ1v) is 7.97. The second-order valence-corrected chi connectivity index (χ2v) is 6.02. The highest BCUT2D eigenvalue weighted by atomic mass is 16.5. The Labute approximate surface area is 142 Å². The lowest BCUT2D eigenvalue weighted by Gasteiger charge is -2.06. The third-order valence-electron chi connectivity index (χ3n) is 4.04. The van der Waals surface area contributed by atoms with Gasteiger partial charge in [-0.15, -0.1) is 0 Å². The average molecular weight is 320 g/mol. The maximum absolute atomic E-state index is 12.2. The number of esters is 1. The number of carbonyl (C=O) groups is 1. The van der Waals surface area contributed by atoms with E-state index in [0.29, 0.717) is 17.3 Å². The summed E-state index contributed by atoms with van der Waals surface area (Å²) in [7, 11) is 1.61. The average Bonchev–Trinajstić information content (AvgIpc) is 2.96. The molecule has 2 aromatic rings. The van der Waals surface area contributed by atoms with E-state index in [1.54, 1.807) is 19.3 Å². The number of hydrogen-bond donors (Lipinski definition) is 0. The fourth-order valence-corrected chi connectivity index (χ4v) is 2.62. The molecule has 0 unspecified atom stereocenters. The van der Waals surface area contributed by atoms with Gasteiger partial charge in [-0.05, 0) is 29.7 Å². The smallest absolute Gasteiger partial charge is 0.343 e. The lowest BCUT2D eigenvalue weighted by atomic mass is 10.0. The largest absolute Gasteiger partial charge is 0.496 e. The minimum Gasteiger partial charge on any atom is -0.496 e. The molecule has 0 bridgehead atoms. The standard InChI is InChI=1S/C21H20O3/c1-14(2)15-8-10-16(11-9-15)20-13-18(21(22)24-20)12-17-6-4-5-7-19(17)23-3/h4-14H,1-3H3/b18-12+. The normalized spacial score (nSPS) is 15.6. The maximum atomic E-state index is 12.2. The summed E-state index contributed by atoms with van der Waals surface area (Å²) in [5.41, 5.74) is 3.52. The van der Waals surface area contributed by atoms with Crippen molar-refractivity contribution in [3.8, 4) is 5.75 Å². The number of hydrogen-bond acceptors (Lipinski definition) is 3. The highest BCUT2D eigenvalue weighted by molar-refractivity contribution is 6.05. The van der Waals surface area contributed by atoms with Gasteiger partial charge in [0.05, 0.1) is 12.7 Å². The summed E-state index contributed by atoms with van der Waals surface area (Å²) in [6, 6.07) is 15.7. The Kier molecular flexibility index (Phi) is 4.52. The van der Waals surface area contributed by atoms with Crippen LogP contribution in [0.1, 0.15) is 36.5 Å². The first kappa shape index (κ1) is 16.1. The van der Waals surface area contributed by atoms with Crippen LogP contribution in [-0.4, -0.2) is 13.1 Å². The summed E-state index contributed by atoms with van der Waals surface area (Å²) in [6.07, 6.45) is 3.57. The van der Waals surface area contributed by atoms with E-state index in [1.807, 2.05) is 36.4 Å².